The van der Waals surface area contributed by atoms with Crippen LogP contribution in [0.2, 0.25) is 0 Å². The molecule has 1 aromatic rings. The maximum absolute atomic E-state index is 11.0. The van der Waals surface area contributed by atoms with Crippen molar-refractivity contribution in [1.29, 1.82) is 0 Å². The molecule has 1 unspecified atom stereocenters. The number of rotatable bonds is 10. The molecule has 1 atom stereocenters. The Morgan fingerprint density at radius 3 is 2.30 bits per heavy atom. The fourth-order valence-electron chi connectivity index (χ4n) is 1.72. The number of ether oxygens (including phenoxy) is 2. The average molecular weight is 281 g/mol. The van der Waals surface area contributed by atoms with Crippen LogP contribution in [-0.4, -0.2) is 36.9 Å². The van der Waals surface area contributed by atoms with Gasteiger partial charge in [0.15, 0.2) is 0 Å². The molecule has 5 nitrogen and oxygen atoms in total. The Morgan fingerprint density at radius 1 is 1.20 bits per heavy atom. The van der Waals surface area contributed by atoms with Crippen molar-refractivity contribution in [2.24, 2.45) is 0 Å². The lowest BCUT2D eigenvalue weighted by Crippen LogP contribution is -2.38. The van der Waals surface area contributed by atoms with Gasteiger partial charge in [0.25, 0.3) is 0 Å². The molecule has 20 heavy (non-hydrogen) atoms. The monoisotopic (exact) mass is 281 g/mol. The summed E-state index contributed by atoms with van der Waals surface area (Å²) in [6.45, 7) is 5.62. The maximum Gasteiger partial charge on any atom is 0.320 e. The molecule has 0 heterocycles. The highest BCUT2D eigenvalue weighted by Crippen LogP contribution is 2.17. The Bertz CT molecular complexity index is 391. The lowest BCUT2D eigenvalue weighted by molar-refractivity contribution is -0.139. The van der Waals surface area contributed by atoms with Gasteiger partial charge >= 0.3 is 5.97 Å². The standard InChI is InChI=1S/C15H23NO4/c1-3-10-16-14(15(17)18)9-11-20-13-7-5-12(6-8-13)19-4-2/h5-8,14,16H,3-4,9-11H2,1-2H3,(H,17,18). The van der Waals surface area contributed by atoms with E-state index >= 15 is 0 Å². The van der Waals surface area contributed by atoms with Gasteiger partial charge in [-0.15, -0.1) is 0 Å². The van der Waals surface area contributed by atoms with Crippen LogP contribution in [0.5, 0.6) is 11.5 Å². The summed E-state index contributed by atoms with van der Waals surface area (Å²) < 4.78 is 10.9. The average Bonchev–Trinajstić information content (AvgIpc) is 2.44. The highest BCUT2D eigenvalue weighted by Gasteiger charge is 2.15. The molecular formula is C15H23NO4. The molecular weight excluding hydrogens is 258 g/mol. The molecule has 0 amide bonds. The van der Waals surface area contributed by atoms with Crippen LogP contribution in [0.25, 0.3) is 0 Å². The molecule has 5 heteroatoms. The van der Waals surface area contributed by atoms with Crippen LogP contribution in [0.4, 0.5) is 0 Å². The first kappa shape index (κ1) is 16.3. The lowest BCUT2D eigenvalue weighted by Gasteiger charge is -2.14. The molecule has 1 rings (SSSR count). The van der Waals surface area contributed by atoms with E-state index in [2.05, 4.69) is 5.32 Å². The number of carboxylic acid groups (broad SMARTS) is 1. The first-order chi connectivity index (χ1) is 9.67. The summed E-state index contributed by atoms with van der Waals surface area (Å²) in [6.07, 6.45) is 1.34. The third-order valence-corrected chi connectivity index (χ3v) is 2.75. The van der Waals surface area contributed by atoms with Gasteiger partial charge in [0.2, 0.25) is 0 Å². The topological polar surface area (TPSA) is 67.8 Å². The van der Waals surface area contributed by atoms with Crippen molar-refractivity contribution < 1.29 is 19.4 Å². The zero-order chi connectivity index (χ0) is 14.8. The van der Waals surface area contributed by atoms with Crippen LogP contribution in [0.3, 0.4) is 0 Å². The van der Waals surface area contributed by atoms with Gasteiger partial charge in [-0.3, -0.25) is 4.79 Å². The number of nitrogens with one attached hydrogen (secondary N) is 1. The maximum atomic E-state index is 11.0. The van der Waals surface area contributed by atoms with Crippen molar-refractivity contribution in [3.8, 4) is 11.5 Å². The molecule has 2 N–H and O–H groups in total. The zero-order valence-corrected chi connectivity index (χ0v) is 12.1. The Balaban J connectivity index is 2.36. The molecule has 0 saturated heterocycles. The highest BCUT2D eigenvalue weighted by atomic mass is 16.5. The van der Waals surface area contributed by atoms with E-state index < -0.39 is 12.0 Å². The molecule has 0 aromatic heterocycles. The summed E-state index contributed by atoms with van der Waals surface area (Å²) in [5.41, 5.74) is 0. The molecule has 0 aliphatic carbocycles. The number of carbonyl (C=O) groups is 1. The summed E-state index contributed by atoms with van der Waals surface area (Å²) in [5.74, 6) is 0.676. The highest BCUT2D eigenvalue weighted by molar-refractivity contribution is 5.73. The van der Waals surface area contributed by atoms with Gasteiger partial charge in [-0.1, -0.05) is 6.92 Å². The van der Waals surface area contributed by atoms with Gasteiger partial charge in [-0.05, 0) is 44.2 Å². The lowest BCUT2D eigenvalue weighted by atomic mass is 10.2. The van der Waals surface area contributed by atoms with E-state index in [0.29, 0.717) is 31.9 Å². The van der Waals surface area contributed by atoms with E-state index in [1.807, 2.05) is 38.1 Å². The van der Waals surface area contributed by atoms with E-state index in [9.17, 15) is 4.79 Å². The van der Waals surface area contributed by atoms with Crippen molar-refractivity contribution in [3.05, 3.63) is 24.3 Å². The molecule has 0 aliphatic heterocycles. The fourth-order valence-corrected chi connectivity index (χ4v) is 1.72. The van der Waals surface area contributed by atoms with Crippen LogP contribution in [0.15, 0.2) is 24.3 Å². The van der Waals surface area contributed by atoms with Gasteiger partial charge in [0.05, 0.1) is 13.2 Å². The third kappa shape index (κ3) is 5.93. The largest absolute Gasteiger partial charge is 0.494 e. The van der Waals surface area contributed by atoms with Gasteiger partial charge in [-0.25, -0.2) is 0 Å². The Hall–Kier alpha value is -1.75. The normalized spacial score (nSPS) is 11.9. The molecule has 0 radical (unpaired) electrons. The number of aliphatic carboxylic acids is 1. The number of hydrogen-bond acceptors (Lipinski definition) is 4. The predicted octanol–water partition coefficient (Wildman–Crippen LogP) is 2.31. The van der Waals surface area contributed by atoms with E-state index in [1.54, 1.807) is 0 Å². The smallest absolute Gasteiger partial charge is 0.320 e. The van der Waals surface area contributed by atoms with E-state index in [1.165, 1.54) is 0 Å². The second-order valence-corrected chi connectivity index (χ2v) is 4.39. The predicted molar refractivity (Wildman–Crippen MR) is 77.4 cm³/mol. The Morgan fingerprint density at radius 2 is 1.80 bits per heavy atom. The summed E-state index contributed by atoms with van der Waals surface area (Å²) in [4.78, 5) is 11.0. The molecule has 0 spiro atoms. The number of benzene rings is 1. The first-order valence-corrected chi connectivity index (χ1v) is 6.99. The van der Waals surface area contributed by atoms with Crippen LogP contribution in [0.1, 0.15) is 26.7 Å². The Kier molecular flexibility index (Phi) is 7.50. The summed E-state index contributed by atoms with van der Waals surface area (Å²) in [7, 11) is 0. The van der Waals surface area contributed by atoms with Crippen molar-refractivity contribution in [2.75, 3.05) is 19.8 Å². The molecule has 0 saturated carbocycles. The van der Waals surface area contributed by atoms with Gasteiger partial charge in [0.1, 0.15) is 17.5 Å². The van der Waals surface area contributed by atoms with Crippen molar-refractivity contribution in [2.45, 2.75) is 32.7 Å². The summed E-state index contributed by atoms with van der Waals surface area (Å²) >= 11 is 0. The molecule has 1 aromatic carbocycles. The van der Waals surface area contributed by atoms with E-state index in [-0.39, 0.29) is 0 Å². The van der Waals surface area contributed by atoms with Crippen molar-refractivity contribution in [3.63, 3.8) is 0 Å². The molecule has 112 valence electrons. The zero-order valence-electron chi connectivity index (χ0n) is 12.1. The number of hydrogen-bond donors (Lipinski definition) is 2. The SMILES string of the molecule is CCCNC(CCOc1ccc(OCC)cc1)C(=O)O. The quantitative estimate of drug-likeness (QED) is 0.689. The van der Waals surface area contributed by atoms with Crippen LogP contribution in [0, 0.1) is 0 Å². The van der Waals surface area contributed by atoms with Crippen molar-refractivity contribution in [1.82, 2.24) is 5.32 Å². The minimum atomic E-state index is -0.839. The van der Waals surface area contributed by atoms with Gasteiger partial charge in [-0.2, -0.15) is 0 Å². The second-order valence-electron chi connectivity index (χ2n) is 4.39. The minimum Gasteiger partial charge on any atom is -0.494 e. The first-order valence-electron chi connectivity index (χ1n) is 6.99. The summed E-state index contributed by atoms with van der Waals surface area (Å²) in [5, 5.41) is 12.0. The summed E-state index contributed by atoms with van der Waals surface area (Å²) in [6, 6.07) is 6.75. The van der Waals surface area contributed by atoms with Crippen molar-refractivity contribution >= 4 is 5.97 Å². The van der Waals surface area contributed by atoms with Gasteiger partial charge < -0.3 is 19.9 Å². The molecule has 0 aliphatic rings. The van der Waals surface area contributed by atoms with E-state index in [0.717, 1.165) is 12.2 Å². The van der Waals surface area contributed by atoms with Gasteiger partial charge in [0, 0.05) is 6.42 Å². The second kappa shape index (κ2) is 9.20. The van der Waals surface area contributed by atoms with Crippen LogP contribution in [-0.2, 0) is 4.79 Å². The fraction of sp³-hybridized carbons (Fsp3) is 0.533. The minimum absolute atomic E-state index is 0.363. The van der Waals surface area contributed by atoms with Crippen LogP contribution < -0.4 is 14.8 Å². The number of carboxylic acids is 1. The Labute approximate surface area is 119 Å². The molecule has 0 fully saturated rings. The third-order valence-electron chi connectivity index (χ3n) is 2.75. The molecule has 0 bridgehead atoms. The van der Waals surface area contributed by atoms with E-state index in [4.69, 9.17) is 14.6 Å². The van der Waals surface area contributed by atoms with Crippen LogP contribution >= 0.6 is 0 Å².